The van der Waals surface area contributed by atoms with Crippen molar-refractivity contribution in [3.8, 4) is 0 Å². The highest BCUT2D eigenvalue weighted by atomic mass is 16.6. The summed E-state index contributed by atoms with van der Waals surface area (Å²) < 4.78 is 10.2. The fraction of sp³-hybridized carbons (Fsp3) is 0.727. The monoisotopic (exact) mass is 228 g/mol. The summed E-state index contributed by atoms with van der Waals surface area (Å²) in [7, 11) is 1.96. The number of hydrogen-bond donors (Lipinski definition) is 0. The molecule has 0 unspecified atom stereocenters. The summed E-state index contributed by atoms with van der Waals surface area (Å²) >= 11 is 0. The van der Waals surface area contributed by atoms with E-state index in [-0.39, 0.29) is 5.97 Å². The molecule has 0 aliphatic carbocycles. The number of ether oxygens (including phenoxy) is 2. The van der Waals surface area contributed by atoms with Gasteiger partial charge in [-0.3, -0.25) is 4.79 Å². The van der Waals surface area contributed by atoms with Gasteiger partial charge in [-0.15, -0.1) is 0 Å². The summed E-state index contributed by atoms with van der Waals surface area (Å²) in [4.78, 5) is 15.3. The van der Waals surface area contributed by atoms with Crippen molar-refractivity contribution in [3.05, 3.63) is 12.4 Å². The van der Waals surface area contributed by atoms with Crippen LogP contribution >= 0.6 is 0 Å². The van der Waals surface area contributed by atoms with Crippen molar-refractivity contribution in [3.63, 3.8) is 0 Å². The smallest absolute Gasteiger partial charge is 0.325 e. The molecule has 0 aromatic rings. The van der Waals surface area contributed by atoms with Gasteiger partial charge in [-0.05, 0) is 6.42 Å². The maximum atomic E-state index is 11.4. The molecule has 5 heteroatoms. The quantitative estimate of drug-likeness (QED) is 0.472. The number of nitrogens with zero attached hydrogens (tertiary/aromatic N) is 2. The van der Waals surface area contributed by atoms with E-state index in [0.717, 1.165) is 19.7 Å². The molecule has 0 amide bonds. The third kappa shape index (κ3) is 5.02. The predicted molar refractivity (Wildman–Crippen MR) is 60.5 cm³/mol. The van der Waals surface area contributed by atoms with E-state index < -0.39 is 0 Å². The lowest BCUT2D eigenvalue weighted by atomic mass is 10.5. The Morgan fingerprint density at radius 2 is 2.12 bits per heavy atom. The molecule has 5 nitrogen and oxygen atoms in total. The Kier molecular flexibility index (Phi) is 5.71. The molecule has 1 heterocycles. The van der Waals surface area contributed by atoms with Crippen molar-refractivity contribution >= 4 is 5.97 Å². The highest BCUT2D eigenvalue weighted by Crippen LogP contribution is 2.02. The van der Waals surface area contributed by atoms with Gasteiger partial charge >= 0.3 is 5.97 Å². The minimum absolute atomic E-state index is 0.208. The number of hydrogen-bond acceptors (Lipinski definition) is 5. The molecule has 0 atom stereocenters. The topological polar surface area (TPSA) is 42.0 Å². The molecule has 16 heavy (non-hydrogen) atoms. The van der Waals surface area contributed by atoms with Crippen LogP contribution in [0.25, 0.3) is 0 Å². The van der Waals surface area contributed by atoms with Gasteiger partial charge < -0.3 is 19.3 Å². The third-order valence-corrected chi connectivity index (χ3v) is 2.11. The maximum absolute atomic E-state index is 11.4. The fourth-order valence-electron chi connectivity index (χ4n) is 1.36. The molecule has 0 N–H and O–H groups in total. The fourth-order valence-corrected chi connectivity index (χ4v) is 1.36. The van der Waals surface area contributed by atoms with Crippen molar-refractivity contribution < 1.29 is 14.3 Å². The van der Waals surface area contributed by atoms with E-state index in [2.05, 4.69) is 0 Å². The van der Waals surface area contributed by atoms with Crippen LogP contribution in [0.5, 0.6) is 0 Å². The largest absolute Gasteiger partial charge is 0.462 e. The van der Waals surface area contributed by atoms with Crippen LogP contribution in [-0.4, -0.2) is 55.9 Å². The van der Waals surface area contributed by atoms with E-state index in [4.69, 9.17) is 9.47 Å². The maximum Gasteiger partial charge on any atom is 0.325 e. The van der Waals surface area contributed by atoms with E-state index in [9.17, 15) is 4.79 Å². The molecule has 0 saturated carbocycles. The number of carbonyl (C=O) groups is 1. The molecule has 0 bridgehead atoms. The Bertz CT molecular complexity index is 243. The van der Waals surface area contributed by atoms with E-state index >= 15 is 0 Å². The first-order valence-corrected chi connectivity index (χ1v) is 5.58. The number of esters is 1. The second kappa shape index (κ2) is 7.11. The van der Waals surface area contributed by atoms with Gasteiger partial charge in [-0.25, -0.2) is 0 Å². The summed E-state index contributed by atoms with van der Waals surface area (Å²) in [5.74, 6) is -0.208. The van der Waals surface area contributed by atoms with Crippen LogP contribution in [0.2, 0.25) is 0 Å². The minimum Gasteiger partial charge on any atom is -0.462 e. The molecule has 0 aromatic heterocycles. The molecule has 92 valence electrons. The molecule has 1 aliphatic heterocycles. The zero-order valence-corrected chi connectivity index (χ0v) is 10.0. The second-order valence-electron chi connectivity index (χ2n) is 3.78. The van der Waals surface area contributed by atoms with Crippen LogP contribution in [0.3, 0.4) is 0 Å². The molecule has 0 spiro atoms. The summed E-state index contributed by atoms with van der Waals surface area (Å²) in [6.45, 7) is 4.62. The van der Waals surface area contributed by atoms with Crippen LogP contribution in [0.4, 0.5) is 0 Å². The number of carbonyl (C=O) groups excluding carboxylic acids is 1. The second-order valence-corrected chi connectivity index (χ2v) is 3.78. The first-order chi connectivity index (χ1) is 7.72. The summed E-state index contributed by atoms with van der Waals surface area (Å²) in [5, 5.41) is 0. The van der Waals surface area contributed by atoms with Crippen molar-refractivity contribution in [2.24, 2.45) is 0 Å². The molecule has 0 fully saturated rings. The van der Waals surface area contributed by atoms with Crippen LogP contribution in [0, 0.1) is 0 Å². The SMILES string of the molecule is CCCOCCOC(=O)CN1C=CN(C)C1. The van der Waals surface area contributed by atoms with Crippen molar-refractivity contribution in [2.75, 3.05) is 40.1 Å². The van der Waals surface area contributed by atoms with E-state index in [1.165, 1.54) is 0 Å². The van der Waals surface area contributed by atoms with Crippen molar-refractivity contribution in [1.82, 2.24) is 9.80 Å². The minimum atomic E-state index is -0.208. The first-order valence-electron chi connectivity index (χ1n) is 5.58. The van der Waals surface area contributed by atoms with Crippen LogP contribution in [0.1, 0.15) is 13.3 Å². The summed E-state index contributed by atoms with van der Waals surface area (Å²) in [6.07, 6.45) is 4.80. The summed E-state index contributed by atoms with van der Waals surface area (Å²) in [5.41, 5.74) is 0. The number of rotatable bonds is 7. The lowest BCUT2D eigenvalue weighted by Crippen LogP contribution is -2.29. The molecule has 0 saturated heterocycles. The highest BCUT2D eigenvalue weighted by Gasteiger charge is 2.13. The molecular weight excluding hydrogens is 208 g/mol. The zero-order chi connectivity index (χ0) is 11.8. The lowest BCUT2D eigenvalue weighted by molar-refractivity contribution is -0.145. The Morgan fingerprint density at radius 1 is 1.31 bits per heavy atom. The van der Waals surface area contributed by atoms with Gasteiger partial charge in [0, 0.05) is 26.1 Å². The van der Waals surface area contributed by atoms with Crippen LogP contribution in [-0.2, 0) is 14.3 Å². The molecule has 0 radical (unpaired) electrons. The molecule has 0 aromatic carbocycles. The van der Waals surface area contributed by atoms with Gasteiger partial charge in [0.2, 0.25) is 0 Å². The molecule has 1 rings (SSSR count). The third-order valence-electron chi connectivity index (χ3n) is 2.11. The summed E-state index contributed by atoms with van der Waals surface area (Å²) in [6, 6.07) is 0. The normalized spacial score (nSPS) is 14.6. The molecule has 1 aliphatic rings. The first kappa shape index (κ1) is 12.8. The van der Waals surface area contributed by atoms with Crippen LogP contribution < -0.4 is 0 Å². The van der Waals surface area contributed by atoms with E-state index in [1.54, 1.807) is 0 Å². The average Bonchev–Trinajstić information content (AvgIpc) is 2.63. The zero-order valence-electron chi connectivity index (χ0n) is 10.0. The van der Waals surface area contributed by atoms with Crippen molar-refractivity contribution in [1.29, 1.82) is 0 Å². The Hall–Kier alpha value is -1.23. The van der Waals surface area contributed by atoms with Crippen LogP contribution in [0.15, 0.2) is 12.4 Å². The Labute approximate surface area is 96.6 Å². The van der Waals surface area contributed by atoms with Gasteiger partial charge in [-0.2, -0.15) is 0 Å². The van der Waals surface area contributed by atoms with E-state index in [1.807, 2.05) is 36.2 Å². The van der Waals surface area contributed by atoms with Gasteiger partial charge in [0.05, 0.1) is 13.3 Å². The van der Waals surface area contributed by atoms with E-state index in [0.29, 0.717) is 19.8 Å². The van der Waals surface area contributed by atoms with Gasteiger partial charge in [-0.1, -0.05) is 6.92 Å². The van der Waals surface area contributed by atoms with Gasteiger partial charge in [0.15, 0.2) is 0 Å². The van der Waals surface area contributed by atoms with Gasteiger partial charge in [0.1, 0.15) is 13.2 Å². The highest BCUT2D eigenvalue weighted by molar-refractivity contribution is 5.71. The van der Waals surface area contributed by atoms with Gasteiger partial charge in [0.25, 0.3) is 0 Å². The van der Waals surface area contributed by atoms with Crippen molar-refractivity contribution in [2.45, 2.75) is 13.3 Å². The lowest BCUT2D eigenvalue weighted by Gasteiger charge is -2.16. The standard InChI is InChI=1S/C11H20N2O3/c1-3-6-15-7-8-16-11(14)9-13-5-4-12(2)10-13/h4-5H,3,6-10H2,1-2H3. The average molecular weight is 228 g/mol. The Morgan fingerprint density at radius 3 is 2.75 bits per heavy atom. The Balaban J connectivity index is 2.01. The molecular formula is C11H20N2O3. The predicted octanol–water partition coefficient (Wildman–Crippen LogP) is 0.632.